The molecule has 4 atom stereocenters. The fraction of sp³-hybridized carbons (Fsp3) is 0.261. The van der Waals surface area contributed by atoms with Crippen molar-refractivity contribution in [3.05, 3.63) is 92.0 Å². The molecule has 0 spiro atoms. The number of nitrogens with zero attached hydrogens (tertiary/aromatic N) is 4. The zero-order valence-electron chi connectivity index (χ0n) is 17.6. The number of nitro groups is 2. The van der Waals surface area contributed by atoms with Gasteiger partial charge in [-0.3, -0.25) is 34.6 Å². The molecule has 0 aromatic heterocycles. The summed E-state index contributed by atoms with van der Waals surface area (Å²) < 4.78 is 0. The topological polar surface area (TPSA) is 144 Å². The van der Waals surface area contributed by atoms with Crippen LogP contribution in [0, 0.1) is 43.9 Å². The number of benzene rings is 2. The monoisotopic (exact) mass is 462 g/mol. The van der Waals surface area contributed by atoms with Crippen molar-refractivity contribution in [2.45, 2.75) is 13.0 Å². The van der Waals surface area contributed by atoms with E-state index in [4.69, 9.17) is 0 Å². The van der Waals surface area contributed by atoms with Crippen LogP contribution in [0.3, 0.4) is 0 Å². The highest BCUT2D eigenvalue weighted by Gasteiger charge is 2.61. The summed E-state index contributed by atoms with van der Waals surface area (Å²) in [5.41, 5.74) is 0.192. The number of nitro benzene ring substituents is 2. The standard InChI is InChI=1S/C23H18N4O7/c28-21(14-5-9-18(10-6-14)27(33)34)24(12-13-1-7-17(8-2-13)26(31)32)25-22(29)19-15-3-4-16(11-15)20(19)23(25)30/h1-10,15-16,19-20H,11-12H2/t15-,16-,19-,20-/m0/s1. The molecule has 3 amide bonds. The van der Waals surface area contributed by atoms with Gasteiger partial charge in [-0.05, 0) is 36.0 Å². The van der Waals surface area contributed by atoms with Crippen LogP contribution in [0.2, 0.25) is 0 Å². The maximum Gasteiger partial charge on any atom is 0.273 e. The van der Waals surface area contributed by atoms with E-state index >= 15 is 0 Å². The summed E-state index contributed by atoms with van der Waals surface area (Å²) in [4.78, 5) is 60.9. The first-order valence-corrected chi connectivity index (χ1v) is 10.6. The first kappa shape index (κ1) is 21.4. The van der Waals surface area contributed by atoms with E-state index in [1.807, 2.05) is 12.2 Å². The molecule has 34 heavy (non-hydrogen) atoms. The lowest BCUT2D eigenvalue weighted by molar-refractivity contribution is -0.385. The van der Waals surface area contributed by atoms with Gasteiger partial charge in [0.15, 0.2) is 0 Å². The van der Waals surface area contributed by atoms with Crippen molar-refractivity contribution in [3.63, 3.8) is 0 Å². The smallest absolute Gasteiger partial charge is 0.272 e. The molecule has 11 heteroatoms. The van der Waals surface area contributed by atoms with Crippen molar-refractivity contribution in [2.24, 2.45) is 23.7 Å². The number of hydrogen-bond donors (Lipinski definition) is 0. The van der Waals surface area contributed by atoms with Gasteiger partial charge in [0, 0.05) is 29.8 Å². The zero-order chi connectivity index (χ0) is 24.1. The van der Waals surface area contributed by atoms with Crippen molar-refractivity contribution in [3.8, 4) is 0 Å². The Labute approximate surface area is 192 Å². The Balaban J connectivity index is 1.50. The van der Waals surface area contributed by atoms with Crippen LogP contribution in [0.25, 0.3) is 0 Å². The molecule has 5 rings (SSSR count). The quantitative estimate of drug-likeness (QED) is 0.278. The molecule has 2 aromatic carbocycles. The number of hydrogen-bond acceptors (Lipinski definition) is 7. The second-order valence-electron chi connectivity index (χ2n) is 8.58. The summed E-state index contributed by atoms with van der Waals surface area (Å²) in [6.45, 7) is -0.187. The third-order valence-corrected chi connectivity index (χ3v) is 6.73. The Kier molecular flexibility index (Phi) is 4.96. The molecule has 3 aliphatic rings. The Bertz CT molecular complexity index is 1230. The fourth-order valence-corrected chi connectivity index (χ4v) is 5.13. The largest absolute Gasteiger partial charge is 0.273 e. The predicted molar refractivity (Wildman–Crippen MR) is 116 cm³/mol. The van der Waals surface area contributed by atoms with E-state index in [1.54, 1.807) is 0 Å². The molecule has 1 saturated carbocycles. The lowest BCUT2D eigenvalue weighted by Crippen LogP contribution is -2.50. The molecule has 11 nitrogen and oxygen atoms in total. The van der Waals surface area contributed by atoms with E-state index in [0.29, 0.717) is 5.56 Å². The van der Waals surface area contributed by atoms with Gasteiger partial charge >= 0.3 is 0 Å². The minimum Gasteiger partial charge on any atom is -0.272 e. The number of imide groups is 1. The number of carbonyl (C=O) groups is 3. The van der Waals surface area contributed by atoms with Crippen molar-refractivity contribution >= 4 is 29.1 Å². The van der Waals surface area contributed by atoms with Gasteiger partial charge in [-0.25, -0.2) is 5.01 Å². The van der Waals surface area contributed by atoms with Crippen LogP contribution in [-0.2, 0) is 16.1 Å². The molecule has 1 heterocycles. The van der Waals surface area contributed by atoms with Gasteiger partial charge in [-0.15, -0.1) is 0 Å². The number of carbonyl (C=O) groups excluding carboxylic acids is 3. The Morgan fingerprint density at radius 2 is 1.32 bits per heavy atom. The van der Waals surface area contributed by atoms with Crippen LogP contribution >= 0.6 is 0 Å². The molecule has 2 fully saturated rings. The SMILES string of the molecule is O=C(c1ccc([N+](=O)[O-])cc1)N(Cc1ccc([N+](=O)[O-])cc1)N1C(=O)[C@@H]2[C@@H](C1=O)[C@H]1C=C[C@H]2C1. The summed E-state index contributed by atoms with van der Waals surface area (Å²) in [5.74, 6) is -2.74. The van der Waals surface area contributed by atoms with Gasteiger partial charge in [0.25, 0.3) is 29.1 Å². The Hall–Kier alpha value is -4.41. The maximum atomic E-state index is 13.5. The van der Waals surface area contributed by atoms with E-state index in [9.17, 15) is 34.6 Å². The molecule has 2 aromatic rings. The number of fused-ring (bicyclic) bond motifs is 5. The summed E-state index contributed by atoms with van der Waals surface area (Å²) in [5, 5.41) is 23.9. The zero-order valence-corrected chi connectivity index (χ0v) is 17.6. The number of amides is 3. The number of non-ortho nitro benzene ring substituents is 2. The average molecular weight is 462 g/mol. The molecule has 172 valence electrons. The van der Waals surface area contributed by atoms with E-state index < -0.39 is 39.4 Å². The van der Waals surface area contributed by atoms with Crippen molar-refractivity contribution < 1.29 is 24.2 Å². The summed E-state index contributed by atoms with van der Waals surface area (Å²) in [7, 11) is 0. The second kappa shape index (κ2) is 7.87. The minimum absolute atomic E-state index is 0.0489. The highest BCUT2D eigenvalue weighted by molar-refractivity contribution is 6.08. The van der Waals surface area contributed by atoms with Crippen LogP contribution < -0.4 is 0 Å². The number of rotatable bonds is 6. The maximum absolute atomic E-state index is 13.5. The lowest BCUT2D eigenvalue weighted by Gasteiger charge is -2.31. The van der Waals surface area contributed by atoms with Crippen LogP contribution in [0.5, 0.6) is 0 Å². The second-order valence-corrected chi connectivity index (χ2v) is 8.58. The molecule has 0 N–H and O–H groups in total. The fourth-order valence-electron chi connectivity index (χ4n) is 5.13. The van der Waals surface area contributed by atoms with E-state index in [1.165, 1.54) is 48.5 Å². The average Bonchev–Trinajstić information content (AvgIpc) is 3.51. The highest BCUT2D eigenvalue weighted by atomic mass is 16.6. The van der Waals surface area contributed by atoms with E-state index in [2.05, 4.69) is 0 Å². The van der Waals surface area contributed by atoms with Gasteiger partial charge in [-0.2, -0.15) is 5.01 Å². The third-order valence-electron chi connectivity index (χ3n) is 6.73. The predicted octanol–water partition coefficient (Wildman–Crippen LogP) is 2.87. The van der Waals surface area contributed by atoms with Crippen molar-refractivity contribution in [2.75, 3.05) is 0 Å². The van der Waals surface area contributed by atoms with Crippen LogP contribution in [-0.4, -0.2) is 37.6 Å². The van der Waals surface area contributed by atoms with Crippen LogP contribution in [0.1, 0.15) is 22.3 Å². The number of allylic oxidation sites excluding steroid dienone is 2. The molecule has 2 bridgehead atoms. The van der Waals surface area contributed by atoms with Crippen LogP contribution in [0.4, 0.5) is 11.4 Å². The summed E-state index contributed by atoms with van der Waals surface area (Å²) in [6, 6.07) is 10.3. The van der Waals surface area contributed by atoms with Gasteiger partial charge in [-0.1, -0.05) is 24.3 Å². The Morgan fingerprint density at radius 1 is 0.853 bits per heavy atom. The normalized spacial score (nSPS) is 24.4. The first-order valence-electron chi connectivity index (χ1n) is 10.6. The van der Waals surface area contributed by atoms with Crippen molar-refractivity contribution in [1.82, 2.24) is 10.0 Å². The molecular formula is C23H18N4O7. The Morgan fingerprint density at radius 3 is 1.79 bits per heavy atom. The lowest BCUT2D eigenvalue weighted by atomic mass is 9.85. The molecule has 0 radical (unpaired) electrons. The van der Waals surface area contributed by atoms with Gasteiger partial charge in [0.2, 0.25) is 0 Å². The van der Waals surface area contributed by atoms with Crippen LogP contribution in [0.15, 0.2) is 60.7 Å². The summed E-state index contributed by atoms with van der Waals surface area (Å²) >= 11 is 0. The van der Waals surface area contributed by atoms with Gasteiger partial charge in [0.1, 0.15) is 0 Å². The molecule has 1 saturated heterocycles. The molecule has 2 aliphatic carbocycles. The molecule has 0 unspecified atom stereocenters. The van der Waals surface area contributed by atoms with Gasteiger partial charge in [0.05, 0.1) is 28.2 Å². The highest BCUT2D eigenvalue weighted by Crippen LogP contribution is 2.52. The van der Waals surface area contributed by atoms with Gasteiger partial charge < -0.3 is 0 Å². The molecule has 1 aliphatic heterocycles. The summed E-state index contributed by atoms with van der Waals surface area (Å²) in [6.07, 6.45) is 4.62. The third kappa shape index (κ3) is 3.33. The van der Waals surface area contributed by atoms with Crippen molar-refractivity contribution in [1.29, 1.82) is 0 Å². The minimum atomic E-state index is -0.685. The van der Waals surface area contributed by atoms with E-state index in [0.717, 1.165) is 16.4 Å². The van der Waals surface area contributed by atoms with E-state index in [-0.39, 0.29) is 35.3 Å². The first-order chi connectivity index (χ1) is 16.3. The molecular weight excluding hydrogens is 444 g/mol. The number of hydrazine groups is 1.